The van der Waals surface area contributed by atoms with Crippen molar-refractivity contribution in [2.45, 2.75) is 58.3 Å². The van der Waals surface area contributed by atoms with Crippen LogP contribution in [0.2, 0.25) is 0 Å². The molecule has 0 atom stereocenters. The Morgan fingerprint density at radius 1 is 1.42 bits per heavy atom. The van der Waals surface area contributed by atoms with Crippen LogP contribution in [0.15, 0.2) is 21.4 Å². The molecule has 0 spiro atoms. The van der Waals surface area contributed by atoms with Crippen LogP contribution in [0.3, 0.4) is 0 Å². The molecule has 0 unspecified atom stereocenters. The number of amides is 1. The zero-order chi connectivity index (χ0) is 17.9. The van der Waals surface area contributed by atoms with Crippen molar-refractivity contribution in [3.63, 3.8) is 0 Å². The van der Waals surface area contributed by atoms with Crippen molar-refractivity contribution in [1.29, 1.82) is 0 Å². The number of hydrogen-bond donors (Lipinski definition) is 1. The van der Waals surface area contributed by atoms with E-state index >= 15 is 0 Å². The summed E-state index contributed by atoms with van der Waals surface area (Å²) in [4.78, 5) is 29.4. The smallest absolute Gasteiger partial charge is 0.272 e. The monoisotopic (exact) mass is 367 g/mol. The van der Waals surface area contributed by atoms with Crippen LogP contribution in [0.1, 0.15) is 41.0 Å². The molecule has 0 aromatic carbocycles. The number of thioether (sulfide) groups is 1. The van der Waals surface area contributed by atoms with Gasteiger partial charge in [0.2, 0.25) is 5.91 Å². The molecule has 7 heteroatoms. The lowest BCUT2D eigenvalue weighted by Gasteiger charge is -2.20. The lowest BCUT2D eigenvalue weighted by molar-refractivity contribution is -0.119. The average molecular weight is 368 g/mol. The van der Waals surface area contributed by atoms with Gasteiger partial charge in [-0.3, -0.25) is 14.2 Å². The molecule has 0 bridgehead atoms. The van der Waals surface area contributed by atoms with E-state index in [2.05, 4.69) is 24.1 Å². The van der Waals surface area contributed by atoms with Crippen molar-refractivity contribution < 1.29 is 4.79 Å². The van der Waals surface area contributed by atoms with Gasteiger partial charge in [-0.1, -0.05) is 25.6 Å². The van der Waals surface area contributed by atoms with Crippen LogP contribution in [0.4, 0.5) is 0 Å². The normalized spacial score (nSPS) is 12.1. The zero-order valence-electron chi connectivity index (χ0n) is 14.9. The van der Waals surface area contributed by atoms with Gasteiger partial charge in [0.1, 0.15) is 4.70 Å². The maximum Gasteiger partial charge on any atom is 0.272 e. The van der Waals surface area contributed by atoms with E-state index in [-0.39, 0.29) is 22.8 Å². The molecule has 0 fully saturated rings. The summed E-state index contributed by atoms with van der Waals surface area (Å²) < 4.78 is 2.40. The molecule has 1 N–H and O–H groups in total. The maximum atomic E-state index is 12.7. The van der Waals surface area contributed by atoms with Gasteiger partial charge >= 0.3 is 0 Å². The second-order valence-electron chi connectivity index (χ2n) is 7.26. The van der Waals surface area contributed by atoms with Crippen LogP contribution in [0.5, 0.6) is 0 Å². The summed E-state index contributed by atoms with van der Waals surface area (Å²) in [7, 11) is 0. The fraction of sp³-hybridized carbons (Fsp3) is 0.588. The molecule has 0 radical (unpaired) electrons. The molecule has 5 nitrogen and oxygen atoms in total. The third-order valence-electron chi connectivity index (χ3n) is 3.31. The highest BCUT2D eigenvalue weighted by atomic mass is 32.2. The summed E-state index contributed by atoms with van der Waals surface area (Å²) in [6.45, 7) is 10.7. The van der Waals surface area contributed by atoms with Gasteiger partial charge in [0.05, 0.1) is 11.3 Å². The first-order chi connectivity index (χ1) is 11.2. The minimum Gasteiger partial charge on any atom is -0.351 e. The Hall–Kier alpha value is -1.34. The van der Waals surface area contributed by atoms with Crippen molar-refractivity contribution >= 4 is 39.2 Å². The van der Waals surface area contributed by atoms with Gasteiger partial charge in [-0.15, -0.1) is 11.3 Å². The SMILES string of the molecule is CC(C)CCn1c(SCC(=O)NC(C)(C)C)nc2ccsc2c1=O. The van der Waals surface area contributed by atoms with E-state index in [9.17, 15) is 9.59 Å². The van der Waals surface area contributed by atoms with Gasteiger partial charge in [0.25, 0.3) is 5.56 Å². The fourth-order valence-corrected chi connectivity index (χ4v) is 3.81. The molecular formula is C17H25N3O2S2. The fourth-order valence-electron chi connectivity index (χ4n) is 2.20. The zero-order valence-corrected chi connectivity index (χ0v) is 16.5. The number of carbonyl (C=O) groups excluding carboxylic acids is 1. The molecule has 2 rings (SSSR count). The summed E-state index contributed by atoms with van der Waals surface area (Å²) >= 11 is 2.74. The molecular weight excluding hydrogens is 342 g/mol. The first-order valence-corrected chi connectivity index (χ1v) is 9.96. The number of aromatic nitrogens is 2. The van der Waals surface area contributed by atoms with E-state index in [1.54, 1.807) is 4.57 Å². The summed E-state index contributed by atoms with van der Waals surface area (Å²) in [5.74, 6) is 0.696. The predicted molar refractivity (Wildman–Crippen MR) is 102 cm³/mol. The summed E-state index contributed by atoms with van der Waals surface area (Å²) in [6, 6.07) is 1.85. The minimum absolute atomic E-state index is 0.00520. The van der Waals surface area contributed by atoms with Gasteiger partial charge < -0.3 is 5.32 Å². The molecule has 0 saturated heterocycles. The predicted octanol–water partition coefficient (Wildman–Crippen LogP) is 3.51. The molecule has 1 amide bonds. The van der Waals surface area contributed by atoms with Crippen LogP contribution in [-0.4, -0.2) is 26.8 Å². The highest BCUT2D eigenvalue weighted by molar-refractivity contribution is 7.99. The quantitative estimate of drug-likeness (QED) is 0.627. The Kier molecular flexibility index (Phi) is 6.09. The van der Waals surface area contributed by atoms with Crippen LogP contribution in [0, 0.1) is 5.92 Å². The van der Waals surface area contributed by atoms with Crippen molar-refractivity contribution in [1.82, 2.24) is 14.9 Å². The average Bonchev–Trinajstić information content (AvgIpc) is 2.90. The van der Waals surface area contributed by atoms with Crippen LogP contribution >= 0.6 is 23.1 Å². The van der Waals surface area contributed by atoms with E-state index in [1.807, 2.05) is 32.2 Å². The highest BCUT2D eigenvalue weighted by Gasteiger charge is 2.17. The first-order valence-electron chi connectivity index (χ1n) is 8.09. The molecule has 2 aromatic heterocycles. The lowest BCUT2D eigenvalue weighted by Crippen LogP contribution is -2.41. The minimum atomic E-state index is -0.264. The summed E-state index contributed by atoms with van der Waals surface area (Å²) in [6.07, 6.45) is 0.903. The molecule has 2 heterocycles. The number of hydrogen-bond acceptors (Lipinski definition) is 5. The van der Waals surface area contributed by atoms with Crippen molar-refractivity contribution in [3.05, 3.63) is 21.8 Å². The highest BCUT2D eigenvalue weighted by Crippen LogP contribution is 2.21. The summed E-state index contributed by atoms with van der Waals surface area (Å²) in [5.41, 5.74) is 0.443. The third kappa shape index (κ3) is 5.08. The molecule has 0 aliphatic rings. The van der Waals surface area contributed by atoms with Gasteiger partial charge in [0, 0.05) is 12.1 Å². The Bertz CT molecular complexity index is 772. The Morgan fingerprint density at radius 3 is 2.75 bits per heavy atom. The van der Waals surface area contributed by atoms with E-state index < -0.39 is 0 Å². The van der Waals surface area contributed by atoms with Crippen LogP contribution < -0.4 is 10.9 Å². The van der Waals surface area contributed by atoms with E-state index in [0.29, 0.717) is 27.8 Å². The van der Waals surface area contributed by atoms with Gasteiger partial charge in [0.15, 0.2) is 5.16 Å². The Labute approximate surface area is 150 Å². The van der Waals surface area contributed by atoms with Crippen LogP contribution in [0.25, 0.3) is 10.2 Å². The van der Waals surface area contributed by atoms with Crippen molar-refractivity contribution in [3.8, 4) is 0 Å². The molecule has 0 saturated carbocycles. The number of nitrogens with one attached hydrogen (secondary N) is 1. The third-order valence-corrected chi connectivity index (χ3v) is 5.18. The number of rotatable bonds is 6. The van der Waals surface area contributed by atoms with E-state index in [1.165, 1.54) is 23.1 Å². The lowest BCUT2D eigenvalue weighted by atomic mass is 10.1. The van der Waals surface area contributed by atoms with Crippen molar-refractivity contribution in [2.24, 2.45) is 5.92 Å². The molecule has 0 aliphatic carbocycles. The molecule has 24 heavy (non-hydrogen) atoms. The number of thiophene rings is 1. The molecule has 2 aromatic rings. The second-order valence-corrected chi connectivity index (χ2v) is 9.11. The van der Waals surface area contributed by atoms with Gasteiger partial charge in [-0.2, -0.15) is 0 Å². The largest absolute Gasteiger partial charge is 0.351 e. The standard InChI is InChI=1S/C17H25N3O2S2/c1-11(2)6-8-20-15(22)14-12(7-9-23-14)18-16(20)24-10-13(21)19-17(3,4)5/h7,9,11H,6,8,10H2,1-5H3,(H,19,21). The number of fused-ring (bicyclic) bond motifs is 1. The Morgan fingerprint density at radius 2 is 2.12 bits per heavy atom. The molecule has 0 aliphatic heterocycles. The van der Waals surface area contributed by atoms with Crippen molar-refractivity contribution in [2.75, 3.05) is 5.75 Å². The number of nitrogens with zero attached hydrogens (tertiary/aromatic N) is 2. The second kappa shape index (κ2) is 7.70. The van der Waals surface area contributed by atoms with Gasteiger partial charge in [-0.25, -0.2) is 4.98 Å². The number of carbonyl (C=O) groups is 1. The van der Waals surface area contributed by atoms with E-state index in [4.69, 9.17) is 0 Å². The molecule has 132 valence electrons. The topological polar surface area (TPSA) is 64.0 Å². The van der Waals surface area contributed by atoms with Crippen LogP contribution in [-0.2, 0) is 11.3 Å². The summed E-state index contributed by atoms with van der Waals surface area (Å²) in [5, 5.41) is 5.44. The van der Waals surface area contributed by atoms with E-state index in [0.717, 1.165) is 6.42 Å². The van der Waals surface area contributed by atoms with Gasteiger partial charge in [-0.05, 0) is 44.6 Å². The first kappa shape index (κ1) is 19.0. The Balaban J connectivity index is 2.25. The maximum absolute atomic E-state index is 12.7.